The summed E-state index contributed by atoms with van der Waals surface area (Å²) in [6.07, 6.45) is 8.14. The molecule has 22 heavy (non-hydrogen) atoms. The van der Waals surface area contributed by atoms with Crippen LogP contribution in [0.1, 0.15) is 56.6 Å². The van der Waals surface area contributed by atoms with Gasteiger partial charge in [-0.1, -0.05) is 74.6 Å². The molecule has 0 radical (unpaired) electrons. The molecule has 3 nitrogen and oxygen atoms in total. The summed E-state index contributed by atoms with van der Waals surface area (Å²) in [6.45, 7) is 4.16. The minimum absolute atomic E-state index is 0.359. The number of aryl methyl sites for hydroxylation is 1. The van der Waals surface area contributed by atoms with E-state index >= 15 is 0 Å². The number of hydrogen-bond acceptors (Lipinski definition) is 2. The van der Waals surface area contributed by atoms with Crippen molar-refractivity contribution in [3.05, 3.63) is 41.5 Å². The van der Waals surface area contributed by atoms with E-state index in [-0.39, 0.29) is 0 Å². The SMILES string of the molecule is CCCCCC[C@@H](O)[C@@H](C/C=C/c1ccc(C)cc1)C(=O)O. The summed E-state index contributed by atoms with van der Waals surface area (Å²) in [5.41, 5.74) is 2.25. The van der Waals surface area contributed by atoms with Gasteiger partial charge in [0.25, 0.3) is 0 Å². The molecule has 122 valence electrons. The van der Waals surface area contributed by atoms with Crippen LogP contribution >= 0.6 is 0 Å². The van der Waals surface area contributed by atoms with Crippen LogP contribution in [0.4, 0.5) is 0 Å². The number of carboxylic acid groups (broad SMARTS) is 1. The number of aliphatic hydroxyl groups is 1. The Morgan fingerprint density at radius 2 is 1.86 bits per heavy atom. The van der Waals surface area contributed by atoms with Crippen molar-refractivity contribution in [3.8, 4) is 0 Å². The van der Waals surface area contributed by atoms with E-state index in [1.165, 1.54) is 5.56 Å². The summed E-state index contributed by atoms with van der Waals surface area (Å²) in [7, 11) is 0. The van der Waals surface area contributed by atoms with Crippen LogP contribution in [0.2, 0.25) is 0 Å². The Morgan fingerprint density at radius 3 is 2.45 bits per heavy atom. The van der Waals surface area contributed by atoms with Gasteiger partial charge in [-0.05, 0) is 25.3 Å². The molecule has 1 aromatic rings. The van der Waals surface area contributed by atoms with E-state index < -0.39 is 18.0 Å². The largest absolute Gasteiger partial charge is 0.481 e. The Balaban J connectivity index is 2.49. The van der Waals surface area contributed by atoms with Crippen LogP contribution in [0.15, 0.2) is 30.3 Å². The minimum Gasteiger partial charge on any atom is -0.481 e. The quantitative estimate of drug-likeness (QED) is 0.629. The molecular formula is C19H28O3. The molecule has 0 saturated heterocycles. The van der Waals surface area contributed by atoms with Crippen LogP contribution in [-0.4, -0.2) is 22.3 Å². The van der Waals surface area contributed by atoms with Crippen molar-refractivity contribution in [3.63, 3.8) is 0 Å². The number of benzene rings is 1. The maximum Gasteiger partial charge on any atom is 0.309 e. The van der Waals surface area contributed by atoms with Crippen LogP contribution in [0.3, 0.4) is 0 Å². The lowest BCUT2D eigenvalue weighted by Crippen LogP contribution is -2.27. The Kier molecular flexibility index (Phi) is 8.53. The number of allylic oxidation sites excluding steroid dienone is 1. The Bertz CT molecular complexity index is 462. The second kappa shape index (κ2) is 10.2. The lowest BCUT2D eigenvalue weighted by Gasteiger charge is -2.17. The predicted octanol–water partition coefficient (Wildman–Crippen LogP) is 4.43. The van der Waals surface area contributed by atoms with E-state index in [1.54, 1.807) is 0 Å². The van der Waals surface area contributed by atoms with E-state index in [0.717, 1.165) is 31.2 Å². The van der Waals surface area contributed by atoms with Crippen molar-refractivity contribution in [2.45, 2.75) is 58.5 Å². The first-order valence-corrected chi connectivity index (χ1v) is 8.18. The first-order chi connectivity index (χ1) is 10.5. The highest BCUT2D eigenvalue weighted by molar-refractivity contribution is 5.71. The zero-order valence-electron chi connectivity index (χ0n) is 13.7. The van der Waals surface area contributed by atoms with Crippen LogP contribution < -0.4 is 0 Å². The van der Waals surface area contributed by atoms with Gasteiger partial charge >= 0.3 is 5.97 Å². The van der Waals surface area contributed by atoms with E-state index in [9.17, 15) is 15.0 Å². The lowest BCUT2D eigenvalue weighted by molar-refractivity contribution is -0.145. The van der Waals surface area contributed by atoms with Crippen LogP contribution in [0.25, 0.3) is 6.08 Å². The highest BCUT2D eigenvalue weighted by atomic mass is 16.4. The molecule has 2 atom stereocenters. The number of carboxylic acids is 1. The molecule has 0 heterocycles. The van der Waals surface area contributed by atoms with Crippen LogP contribution in [0.5, 0.6) is 0 Å². The van der Waals surface area contributed by atoms with Crippen molar-refractivity contribution in [2.24, 2.45) is 5.92 Å². The number of unbranched alkanes of at least 4 members (excludes halogenated alkanes) is 3. The molecule has 0 aliphatic rings. The van der Waals surface area contributed by atoms with Crippen molar-refractivity contribution >= 4 is 12.0 Å². The fourth-order valence-corrected chi connectivity index (χ4v) is 2.43. The standard InChI is InChI=1S/C19H28O3/c1-3-4-5-6-10-18(20)17(19(21)22)9-7-8-16-13-11-15(2)12-14-16/h7-8,11-14,17-18,20H,3-6,9-10H2,1-2H3,(H,21,22)/b8-7+/t17-,18-/m1/s1. The van der Waals surface area contributed by atoms with Crippen LogP contribution in [-0.2, 0) is 4.79 Å². The average Bonchev–Trinajstić information content (AvgIpc) is 2.49. The van der Waals surface area contributed by atoms with Gasteiger partial charge < -0.3 is 10.2 Å². The molecule has 2 N–H and O–H groups in total. The molecule has 0 aliphatic heterocycles. The molecule has 1 rings (SSSR count). The zero-order valence-corrected chi connectivity index (χ0v) is 13.7. The van der Waals surface area contributed by atoms with Crippen LogP contribution in [0, 0.1) is 12.8 Å². The van der Waals surface area contributed by atoms with Gasteiger partial charge in [-0.15, -0.1) is 0 Å². The van der Waals surface area contributed by atoms with Crippen molar-refractivity contribution < 1.29 is 15.0 Å². The smallest absolute Gasteiger partial charge is 0.309 e. The summed E-state index contributed by atoms with van der Waals surface area (Å²) in [5, 5.41) is 19.4. The third-order valence-corrected chi connectivity index (χ3v) is 3.91. The Hall–Kier alpha value is -1.61. The topological polar surface area (TPSA) is 57.5 Å². The molecular weight excluding hydrogens is 276 g/mol. The number of aliphatic hydroxyl groups excluding tert-OH is 1. The van der Waals surface area contributed by atoms with Gasteiger partial charge in [-0.3, -0.25) is 4.79 Å². The Morgan fingerprint density at radius 1 is 1.18 bits per heavy atom. The summed E-state index contributed by atoms with van der Waals surface area (Å²) in [6, 6.07) is 8.05. The molecule has 0 bridgehead atoms. The molecule has 0 amide bonds. The van der Waals surface area contributed by atoms with E-state index in [1.807, 2.05) is 43.3 Å². The molecule has 3 heteroatoms. The predicted molar refractivity (Wildman–Crippen MR) is 90.7 cm³/mol. The fraction of sp³-hybridized carbons (Fsp3) is 0.526. The highest BCUT2D eigenvalue weighted by Crippen LogP contribution is 2.18. The summed E-state index contributed by atoms with van der Waals surface area (Å²) >= 11 is 0. The summed E-state index contributed by atoms with van der Waals surface area (Å²) in [4.78, 5) is 11.3. The third kappa shape index (κ3) is 6.90. The molecule has 0 unspecified atom stereocenters. The van der Waals surface area contributed by atoms with Gasteiger partial charge in [0.05, 0.1) is 12.0 Å². The van der Waals surface area contributed by atoms with E-state index in [4.69, 9.17) is 0 Å². The number of hydrogen-bond donors (Lipinski definition) is 2. The van der Waals surface area contributed by atoms with Gasteiger partial charge in [0.2, 0.25) is 0 Å². The van der Waals surface area contributed by atoms with Crippen molar-refractivity contribution in [1.29, 1.82) is 0 Å². The first kappa shape index (κ1) is 18.4. The molecule has 1 aromatic carbocycles. The third-order valence-electron chi connectivity index (χ3n) is 3.91. The average molecular weight is 304 g/mol. The molecule has 0 aromatic heterocycles. The van der Waals surface area contributed by atoms with Gasteiger partial charge in [0, 0.05) is 0 Å². The Labute approximate surface area is 133 Å². The second-order valence-electron chi connectivity index (χ2n) is 5.91. The molecule has 0 spiro atoms. The fourth-order valence-electron chi connectivity index (χ4n) is 2.43. The van der Waals surface area contributed by atoms with Gasteiger partial charge in [0.15, 0.2) is 0 Å². The molecule has 0 fully saturated rings. The molecule has 0 aliphatic carbocycles. The van der Waals surface area contributed by atoms with E-state index in [0.29, 0.717) is 12.8 Å². The summed E-state index contributed by atoms with van der Waals surface area (Å²) in [5.74, 6) is -1.64. The van der Waals surface area contributed by atoms with Crippen molar-refractivity contribution in [2.75, 3.05) is 0 Å². The number of aliphatic carboxylic acids is 1. The number of rotatable bonds is 10. The summed E-state index contributed by atoms with van der Waals surface area (Å²) < 4.78 is 0. The molecule has 0 saturated carbocycles. The van der Waals surface area contributed by atoms with E-state index in [2.05, 4.69) is 6.92 Å². The number of carbonyl (C=O) groups is 1. The highest BCUT2D eigenvalue weighted by Gasteiger charge is 2.24. The zero-order chi connectivity index (χ0) is 16.4. The first-order valence-electron chi connectivity index (χ1n) is 8.18. The lowest BCUT2D eigenvalue weighted by atomic mass is 9.93. The minimum atomic E-state index is -0.920. The van der Waals surface area contributed by atoms with Gasteiger partial charge in [0.1, 0.15) is 0 Å². The van der Waals surface area contributed by atoms with Gasteiger partial charge in [-0.2, -0.15) is 0 Å². The van der Waals surface area contributed by atoms with Crippen molar-refractivity contribution in [1.82, 2.24) is 0 Å². The monoisotopic (exact) mass is 304 g/mol. The second-order valence-corrected chi connectivity index (χ2v) is 5.91. The maximum absolute atomic E-state index is 11.3. The van der Waals surface area contributed by atoms with Gasteiger partial charge in [-0.25, -0.2) is 0 Å². The maximum atomic E-state index is 11.3. The normalized spacial score (nSPS) is 14.1.